The van der Waals surface area contributed by atoms with E-state index >= 15 is 0 Å². The van der Waals surface area contributed by atoms with Crippen molar-refractivity contribution in [3.05, 3.63) is 29.6 Å². The van der Waals surface area contributed by atoms with Crippen LogP contribution in [0.15, 0.2) is 18.2 Å². The fourth-order valence-electron chi connectivity index (χ4n) is 1.80. The largest absolute Gasteiger partial charge is 0.371 e. The Morgan fingerprint density at radius 2 is 2.19 bits per heavy atom. The average molecular weight is 223 g/mol. The molecule has 0 saturated heterocycles. The number of benzene rings is 1. The van der Waals surface area contributed by atoms with Crippen LogP contribution in [0, 0.1) is 5.82 Å². The fraction of sp³-hybridized carbons (Fsp3) is 0.462. The molecule has 88 valence electrons. The molecule has 1 aromatic carbocycles. The lowest BCUT2D eigenvalue weighted by molar-refractivity contribution is 0.112. The van der Waals surface area contributed by atoms with Gasteiger partial charge in [-0.3, -0.25) is 4.79 Å². The molecular formula is C13H18FNO. The van der Waals surface area contributed by atoms with E-state index in [0.29, 0.717) is 18.0 Å². The highest BCUT2D eigenvalue weighted by atomic mass is 19.1. The Balaban J connectivity index is 3.03. The fourth-order valence-corrected chi connectivity index (χ4v) is 1.80. The molecule has 0 radical (unpaired) electrons. The van der Waals surface area contributed by atoms with E-state index in [2.05, 4.69) is 13.8 Å². The summed E-state index contributed by atoms with van der Waals surface area (Å²) >= 11 is 0. The highest BCUT2D eigenvalue weighted by Crippen LogP contribution is 2.23. The van der Waals surface area contributed by atoms with E-state index in [-0.39, 0.29) is 5.56 Å². The van der Waals surface area contributed by atoms with Crippen LogP contribution in [0.4, 0.5) is 10.1 Å². The van der Waals surface area contributed by atoms with Gasteiger partial charge in [-0.1, -0.05) is 19.4 Å². The average Bonchev–Trinajstić information content (AvgIpc) is 2.28. The van der Waals surface area contributed by atoms with Gasteiger partial charge in [0, 0.05) is 13.1 Å². The third kappa shape index (κ3) is 2.60. The Labute approximate surface area is 96.1 Å². The van der Waals surface area contributed by atoms with E-state index < -0.39 is 5.82 Å². The molecule has 0 heterocycles. The van der Waals surface area contributed by atoms with Crippen molar-refractivity contribution in [3.63, 3.8) is 0 Å². The summed E-state index contributed by atoms with van der Waals surface area (Å²) in [6, 6.07) is 5.02. The lowest BCUT2D eigenvalue weighted by Crippen LogP contribution is -2.29. The first kappa shape index (κ1) is 12.7. The highest BCUT2D eigenvalue weighted by Gasteiger charge is 2.15. The first-order chi connectivity index (χ1) is 7.61. The van der Waals surface area contributed by atoms with Gasteiger partial charge < -0.3 is 4.90 Å². The Morgan fingerprint density at radius 3 is 2.75 bits per heavy atom. The van der Waals surface area contributed by atoms with Gasteiger partial charge in [-0.25, -0.2) is 4.39 Å². The molecule has 0 spiro atoms. The third-order valence-corrected chi connectivity index (χ3v) is 2.90. The molecule has 0 aromatic heterocycles. The molecule has 1 unspecified atom stereocenters. The molecule has 0 amide bonds. The number of rotatable bonds is 5. The molecule has 0 fully saturated rings. The van der Waals surface area contributed by atoms with Crippen molar-refractivity contribution in [2.75, 3.05) is 11.9 Å². The number of carbonyl (C=O) groups is 1. The first-order valence-corrected chi connectivity index (χ1v) is 5.58. The lowest BCUT2D eigenvalue weighted by Gasteiger charge is -2.28. The maximum absolute atomic E-state index is 13.4. The van der Waals surface area contributed by atoms with Crippen molar-refractivity contribution in [1.82, 2.24) is 0 Å². The Bertz CT molecular complexity index is 365. The van der Waals surface area contributed by atoms with Crippen LogP contribution in [0.1, 0.15) is 37.0 Å². The van der Waals surface area contributed by atoms with E-state index in [4.69, 9.17) is 0 Å². The summed E-state index contributed by atoms with van der Waals surface area (Å²) in [4.78, 5) is 12.8. The second-order valence-electron chi connectivity index (χ2n) is 4.04. The number of carbonyl (C=O) groups excluding carboxylic acids is 1. The van der Waals surface area contributed by atoms with Crippen LogP contribution in [0.3, 0.4) is 0 Å². The van der Waals surface area contributed by atoms with Crippen LogP contribution in [-0.4, -0.2) is 19.4 Å². The van der Waals surface area contributed by atoms with Crippen LogP contribution in [0.5, 0.6) is 0 Å². The number of hydrogen-bond acceptors (Lipinski definition) is 2. The predicted octanol–water partition coefficient (Wildman–Crippen LogP) is 3.26. The number of aldehydes is 1. The highest BCUT2D eigenvalue weighted by molar-refractivity contribution is 5.85. The van der Waals surface area contributed by atoms with Gasteiger partial charge in [0.2, 0.25) is 0 Å². The van der Waals surface area contributed by atoms with Gasteiger partial charge in [0.25, 0.3) is 0 Å². The molecular weight excluding hydrogens is 205 g/mol. The standard InChI is InChI=1S/C13H18FNO/c1-4-6-10(2)15(3)13-8-5-7-12(14)11(13)9-16/h5,7-10H,4,6H2,1-3H3. The molecule has 1 aromatic rings. The van der Waals surface area contributed by atoms with Crippen molar-refractivity contribution in [1.29, 1.82) is 0 Å². The summed E-state index contributed by atoms with van der Waals surface area (Å²) < 4.78 is 13.4. The summed E-state index contributed by atoms with van der Waals surface area (Å²) in [5.41, 5.74) is 0.809. The molecule has 3 heteroatoms. The SMILES string of the molecule is CCCC(C)N(C)c1cccc(F)c1C=O. The van der Waals surface area contributed by atoms with Gasteiger partial charge >= 0.3 is 0 Å². The molecule has 0 bridgehead atoms. The van der Waals surface area contributed by atoms with Crippen LogP contribution >= 0.6 is 0 Å². The van der Waals surface area contributed by atoms with E-state index in [1.807, 2.05) is 11.9 Å². The minimum atomic E-state index is -0.456. The van der Waals surface area contributed by atoms with E-state index in [0.717, 1.165) is 12.8 Å². The molecule has 1 atom stereocenters. The van der Waals surface area contributed by atoms with Gasteiger partial charge in [0.1, 0.15) is 5.82 Å². The molecule has 0 aliphatic rings. The van der Waals surface area contributed by atoms with Crippen molar-refractivity contribution in [2.45, 2.75) is 32.7 Å². The van der Waals surface area contributed by atoms with Crippen LogP contribution in [0.25, 0.3) is 0 Å². The van der Waals surface area contributed by atoms with Gasteiger partial charge in [0.15, 0.2) is 6.29 Å². The van der Waals surface area contributed by atoms with Gasteiger partial charge in [0.05, 0.1) is 11.3 Å². The Kier molecular flexibility index (Phi) is 4.47. The normalized spacial score (nSPS) is 12.2. The minimum Gasteiger partial charge on any atom is -0.371 e. The van der Waals surface area contributed by atoms with Crippen LogP contribution < -0.4 is 4.90 Å². The smallest absolute Gasteiger partial charge is 0.155 e. The van der Waals surface area contributed by atoms with Gasteiger partial charge in [-0.15, -0.1) is 0 Å². The molecule has 0 N–H and O–H groups in total. The zero-order chi connectivity index (χ0) is 12.1. The van der Waals surface area contributed by atoms with Gasteiger partial charge in [-0.2, -0.15) is 0 Å². The monoisotopic (exact) mass is 223 g/mol. The summed E-state index contributed by atoms with van der Waals surface area (Å²) in [5, 5.41) is 0. The predicted molar refractivity (Wildman–Crippen MR) is 64.6 cm³/mol. The molecule has 16 heavy (non-hydrogen) atoms. The second-order valence-corrected chi connectivity index (χ2v) is 4.04. The maximum Gasteiger partial charge on any atom is 0.155 e. The zero-order valence-electron chi connectivity index (χ0n) is 10.0. The third-order valence-electron chi connectivity index (χ3n) is 2.90. The van der Waals surface area contributed by atoms with Crippen molar-refractivity contribution in [2.24, 2.45) is 0 Å². The molecule has 0 aliphatic heterocycles. The summed E-state index contributed by atoms with van der Waals surface area (Å²) in [6.07, 6.45) is 2.67. The number of hydrogen-bond donors (Lipinski definition) is 0. The van der Waals surface area contributed by atoms with Crippen molar-refractivity contribution in [3.8, 4) is 0 Å². The van der Waals surface area contributed by atoms with E-state index in [9.17, 15) is 9.18 Å². The maximum atomic E-state index is 13.4. The summed E-state index contributed by atoms with van der Waals surface area (Å²) in [6.45, 7) is 4.18. The number of anilines is 1. The Morgan fingerprint density at radius 1 is 1.50 bits per heavy atom. The van der Waals surface area contributed by atoms with Crippen LogP contribution in [-0.2, 0) is 0 Å². The topological polar surface area (TPSA) is 20.3 Å². The molecule has 1 rings (SSSR count). The number of nitrogens with zero attached hydrogens (tertiary/aromatic N) is 1. The van der Waals surface area contributed by atoms with Crippen molar-refractivity contribution < 1.29 is 9.18 Å². The van der Waals surface area contributed by atoms with E-state index in [1.165, 1.54) is 6.07 Å². The van der Waals surface area contributed by atoms with Crippen molar-refractivity contribution >= 4 is 12.0 Å². The van der Waals surface area contributed by atoms with Crippen LogP contribution in [0.2, 0.25) is 0 Å². The summed E-state index contributed by atoms with van der Waals surface area (Å²) in [5.74, 6) is -0.456. The number of halogens is 1. The summed E-state index contributed by atoms with van der Waals surface area (Å²) in [7, 11) is 1.89. The molecule has 0 aliphatic carbocycles. The molecule has 2 nitrogen and oxygen atoms in total. The first-order valence-electron chi connectivity index (χ1n) is 5.58. The Hall–Kier alpha value is -1.38. The molecule has 0 saturated carbocycles. The quantitative estimate of drug-likeness (QED) is 0.714. The lowest BCUT2D eigenvalue weighted by atomic mass is 10.1. The zero-order valence-corrected chi connectivity index (χ0v) is 10.0. The minimum absolute atomic E-state index is 0.146. The van der Waals surface area contributed by atoms with Gasteiger partial charge in [-0.05, 0) is 25.5 Å². The second kappa shape index (κ2) is 5.64. The van der Waals surface area contributed by atoms with E-state index in [1.54, 1.807) is 12.1 Å².